The lowest BCUT2D eigenvalue weighted by atomic mass is 9.70. The predicted molar refractivity (Wildman–Crippen MR) is 168 cm³/mol. The van der Waals surface area contributed by atoms with Gasteiger partial charge in [0, 0.05) is 45.7 Å². The molecule has 0 radical (unpaired) electrons. The summed E-state index contributed by atoms with van der Waals surface area (Å²) >= 11 is 0. The quantitative estimate of drug-likeness (QED) is 0.201. The molecule has 12 nitrogen and oxygen atoms in total. The van der Waals surface area contributed by atoms with Crippen LogP contribution in [0.3, 0.4) is 0 Å². The normalized spacial score (nSPS) is 27.6. The number of β-amino-alcohol motifs (C(OH)–C–C–N with tert-alkyl or cyclic N) is 1. The van der Waals surface area contributed by atoms with Gasteiger partial charge in [0.2, 0.25) is 17.7 Å². The summed E-state index contributed by atoms with van der Waals surface area (Å²) in [5.74, 6) is -3.32. The number of likely N-dealkylation sites (tertiary alicyclic amines) is 1. The van der Waals surface area contributed by atoms with Gasteiger partial charge in [-0.2, -0.15) is 0 Å². The fourth-order valence-electron chi connectivity index (χ4n) is 7.40. The van der Waals surface area contributed by atoms with Crippen LogP contribution in [-0.2, 0) is 33.4 Å². The molecule has 2 N–H and O–H groups in total. The second-order valence-corrected chi connectivity index (χ2v) is 12.3. The number of allylic oxidation sites excluding steroid dienone is 1. The highest BCUT2D eigenvalue weighted by molar-refractivity contribution is 5.98. The van der Waals surface area contributed by atoms with Gasteiger partial charge in [-0.3, -0.25) is 24.1 Å². The number of carbonyl (C=O) groups is 4. The third-order valence-corrected chi connectivity index (χ3v) is 9.59. The first-order chi connectivity index (χ1) is 22.3. The number of hydrogen-bond donors (Lipinski definition) is 2. The summed E-state index contributed by atoms with van der Waals surface area (Å²) in [5.41, 5.74) is -0.510. The molecule has 5 rings (SSSR count). The van der Waals surface area contributed by atoms with E-state index in [-0.39, 0.29) is 44.5 Å². The van der Waals surface area contributed by atoms with Crippen LogP contribution < -0.4 is 5.32 Å². The van der Waals surface area contributed by atoms with Gasteiger partial charge >= 0.3 is 5.97 Å². The first kappa shape index (κ1) is 33.8. The zero-order valence-electron chi connectivity index (χ0n) is 26.4. The molecule has 0 saturated carbocycles. The maximum atomic E-state index is 14.3. The zero-order chi connectivity index (χ0) is 32.7. The van der Waals surface area contributed by atoms with Gasteiger partial charge in [-0.1, -0.05) is 42.5 Å². The molecule has 2 bridgehead atoms. The molecule has 4 aliphatic rings. The van der Waals surface area contributed by atoms with E-state index in [1.165, 1.54) is 4.90 Å². The highest BCUT2D eigenvalue weighted by atomic mass is 16.6. The summed E-state index contributed by atoms with van der Waals surface area (Å²) in [6.45, 7) is 11.3. The highest BCUT2D eigenvalue weighted by Crippen LogP contribution is 2.59. The number of nitrogens with zero attached hydrogens (tertiary/aromatic N) is 3. The van der Waals surface area contributed by atoms with Crippen molar-refractivity contribution in [3.05, 3.63) is 61.2 Å². The molecular formula is C34H46N4O8. The molecular weight excluding hydrogens is 592 g/mol. The van der Waals surface area contributed by atoms with Crippen molar-refractivity contribution in [2.45, 2.75) is 49.5 Å². The van der Waals surface area contributed by atoms with Crippen LogP contribution in [0.4, 0.5) is 0 Å². The molecule has 12 heteroatoms. The molecule has 0 unspecified atom stereocenters. The summed E-state index contributed by atoms with van der Waals surface area (Å²) in [6, 6.07) is 8.13. The first-order valence-electron chi connectivity index (χ1n) is 16.3. The number of rotatable bonds is 16. The standard InChI is InChI=1S/C34H46N4O8/c1-3-5-11-27(40)35-23-26(24-9-7-6-8-10-24)45-33(43)28-25-12-13-34(46-25)29(28)31(41)38(17-20-39)30(34)32(42)37(14-4-2)16-15-36-18-21-44-22-19-36/h3-4,6-10,25-26,28-30,39H,1-2,5,11-23H2,(H,35,40)/t25-,26+,28+,29+,30-,34+/m1/s1. The number of fused-ring (bicyclic) bond motifs is 1. The van der Waals surface area contributed by atoms with E-state index in [9.17, 15) is 24.3 Å². The number of aliphatic hydroxyl groups is 1. The average molecular weight is 639 g/mol. The van der Waals surface area contributed by atoms with Crippen LogP contribution in [0.5, 0.6) is 0 Å². The molecule has 4 heterocycles. The van der Waals surface area contributed by atoms with Crippen molar-refractivity contribution < 1.29 is 38.5 Å². The van der Waals surface area contributed by atoms with E-state index in [2.05, 4.69) is 23.4 Å². The third kappa shape index (κ3) is 6.90. The molecule has 3 amide bonds. The summed E-state index contributed by atoms with van der Waals surface area (Å²) in [5, 5.41) is 12.8. The van der Waals surface area contributed by atoms with Crippen molar-refractivity contribution in [3.8, 4) is 0 Å². The van der Waals surface area contributed by atoms with Crippen molar-refractivity contribution in [3.63, 3.8) is 0 Å². The number of nitrogens with one attached hydrogen (secondary N) is 1. The van der Waals surface area contributed by atoms with Gasteiger partial charge in [-0.15, -0.1) is 13.2 Å². The van der Waals surface area contributed by atoms with Crippen molar-refractivity contribution in [2.24, 2.45) is 11.8 Å². The van der Waals surface area contributed by atoms with Crippen molar-refractivity contribution >= 4 is 23.7 Å². The highest BCUT2D eigenvalue weighted by Gasteiger charge is 2.75. The molecule has 1 spiro atoms. The predicted octanol–water partition coefficient (Wildman–Crippen LogP) is 1.07. The van der Waals surface area contributed by atoms with Crippen LogP contribution in [0.1, 0.15) is 37.4 Å². The Hall–Kier alpha value is -3.58. The Morgan fingerprint density at radius 2 is 1.91 bits per heavy atom. The maximum Gasteiger partial charge on any atom is 0.313 e. The molecule has 6 atom stereocenters. The summed E-state index contributed by atoms with van der Waals surface area (Å²) in [7, 11) is 0. The minimum Gasteiger partial charge on any atom is -0.455 e. The molecule has 46 heavy (non-hydrogen) atoms. The summed E-state index contributed by atoms with van der Waals surface area (Å²) in [4.78, 5) is 60.1. The summed E-state index contributed by atoms with van der Waals surface area (Å²) in [6.07, 6.45) is 3.66. The SMILES string of the molecule is C=CCCC(=O)NC[C@H](OC(=O)[C@@H]1[C@H]2C(=O)N(CCO)[C@H](C(=O)N(CC=C)CCN3CCOCC3)[C@]23CC[C@H]1O3)c1ccccc1. The van der Waals surface area contributed by atoms with Crippen LogP contribution in [-0.4, -0.2) is 127 Å². The Bertz CT molecular complexity index is 1270. The molecule has 0 aromatic heterocycles. The molecule has 1 aromatic carbocycles. The monoisotopic (exact) mass is 638 g/mol. The lowest BCUT2D eigenvalue weighted by molar-refractivity contribution is -0.160. The topological polar surface area (TPSA) is 138 Å². The van der Waals surface area contributed by atoms with E-state index in [4.69, 9.17) is 14.2 Å². The van der Waals surface area contributed by atoms with E-state index in [1.807, 2.05) is 30.3 Å². The number of hydrogen-bond acceptors (Lipinski definition) is 9. The maximum absolute atomic E-state index is 14.3. The third-order valence-electron chi connectivity index (χ3n) is 9.59. The van der Waals surface area contributed by atoms with Crippen LogP contribution in [0.2, 0.25) is 0 Å². The number of esters is 1. The fourth-order valence-corrected chi connectivity index (χ4v) is 7.40. The van der Waals surface area contributed by atoms with Crippen LogP contribution >= 0.6 is 0 Å². The van der Waals surface area contributed by atoms with Gasteiger partial charge in [0.25, 0.3) is 0 Å². The molecule has 4 saturated heterocycles. The van der Waals surface area contributed by atoms with E-state index >= 15 is 0 Å². The van der Waals surface area contributed by atoms with Gasteiger partial charge in [0.15, 0.2) is 0 Å². The van der Waals surface area contributed by atoms with Crippen LogP contribution in [0.15, 0.2) is 55.6 Å². The van der Waals surface area contributed by atoms with Crippen molar-refractivity contribution in [2.75, 3.05) is 65.6 Å². The number of ether oxygens (including phenoxy) is 3. The van der Waals surface area contributed by atoms with Crippen molar-refractivity contribution in [1.82, 2.24) is 20.0 Å². The Morgan fingerprint density at radius 1 is 1.15 bits per heavy atom. The Balaban J connectivity index is 1.36. The van der Waals surface area contributed by atoms with Gasteiger partial charge in [-0.25, -0.2) is 0 Å². The van der Waals surface area contributed by atoms with E-state index in [1.54, 1.807) is 17.1 Å². The first-order valence-corrected chi connectivity index (χ1v) is 16.3. The van der Waals surface area contributed by atoms with Gasteiger partial charge < -0.3 is 34.4 Å². The molecule has 4 fully saturated rings. The molecule has 0 aliphatic carbocycles. The van der Waals surface area contributed by atoms with E-state index < -0.39 is 47.6 Å². The van der Waals surface area contributed by atoms with Crippen LogP contribution in [0.25, 0.3) is 0 Å². The van der Waals surface area contributed by atoms with Crippen LogP contribution in [0, 0.1) is 11.8 Å². The minimum atomic E-state index is -1.21. The Labute approximate surface area is 270 Å². The van der Waals surface area contributed by atoms with E-state index in [0.717, 1.165) is 13.1 Å². The fraction of sp³-hybridized carbons (Fsp3) is 0.588. The number of carbonyl (C=O) groups excluding carboxylic acids is 4. The summed E-state index contributed by atoms with van der Waals surface area (Å²) < 4.78 is 18.0. The minimum absolute atomic E-state index is 0.0575. The smallest absolute Gasteiger partial charge is 0.313 e. The second kappa shape index (κ2) is 15.3. The van der Waals surface area contributed by atoms with Crippen molar-refractivity contribution in [1.29, 1.82) is 0 Å². The number of amides is 3. The average Bonchev–Trinajstić information content (AvgIpc) is 3.72. The van der Waals surface area contributed by atoms with Gasteiger partial charge in [-0.05, 0) is 24.8 Å². The second-order valence-electron chi connectivity index (χ2n) is 12.3. The van der Waals surface area contributed by atoms with Gasteiger partial charge in [0.1, 0.15) is 17.7 Å². The lowest BCUT2D eigenvalue weighted by Gasteiger charge is -2.37. The number of benzene rings is 1. The largest absolute Gasteiger partial charge is 0.455 e. The molecule has 4 aliphatic heterocycles. The Kier molecular flexibility index (Phi) is 11.3. The zero-order valence-corrected chi connectivity index (χ0v) is 26.4. The molecule has 250 valence electrons. The number of morpholine rings is 1. The van der Waals surface area contributed by atoms with E-state index in [0.29, 0.717) is 51.1 Å². The Morgan fingerprint density at radius 3 is 2.61 bits per heavy atom. The van der Waals surface area contributed by atoms with Gasteiger partial charge in [0.05, 0.1) is 44.3 Å². The number of aliphatic hydroxyl groups excluding tert-OH is 1. The molecule has 1 aromatic rings. The lowest BCUT2D eigenvalue weighted by Crippen LogP contribution is -2.57.